The van der Waals surface area contributed by atoms with Gasteiger partial charge in [0.05, 0.1) is 12.5 Å². The van der Waals surface area contributed by atoms with Crippen molar-refractivity contribution in [2.75, 3.05) is 19.7 Å². The molecule has 3 rings (SSSR count). The maximum Gasteiger partial charge on any atom is 0.225 e. The third-order valence-electron chi connectivity index (χ3n) is 5.15. The second kappa shape index (κ2) is 5.35. The number of nitrogens with zero attached hydrogens (tertiary/aromatic N) is 1. The molecule has 2 N–H and O–H groups in total. The zero-order valence-corrected chi connectivity index (χ0v) is 11.9. The van der Waals surface area contributed by atoms with E-state index in [4.69, 9.17) is 0 Å². The van der Waals surface area contributed by atoms with Gasteiger partial charge in [-0.05, 0) is 25.7 Å². The van der Waals surface area contributed by atoms with Crippen LogP contribution in [-0.4, -0.2) is 47.6 Å². The highest BCUT2D eigenvalue weighted by Gasteiger charge is 2.42. The van der Waals surface area contributed by atoms with E-state index in [2.05, 4.69) is 5.32 Å². The first-order valence-corrected chi connectivity index (χ1v) is 7.82. The van der Waals surface area contributed by atoms with Crippen molar-refractivity contribution in [3.63, 3.8) is 0 Å². The van der Waals surface area contributed by atoms with Crippen LogP contribution >= 0.6 is 0 Å². The molecule has 112 valence electrons. The van der Waals surface area contributed by atoms with Crippen LogP contribution in [0, 0.1) is 11.3 Å². The van der Waals surface area contributed by atoms with E-state index in [9.17, 15) is 14.7 Å². The molecule has 2 aliphatic carbocycles. The highest BCUT2D eigenvalue weighted by Crippen LogP contribution is 2.37. The van der Waals surface area contributed by atoms with Gasteiger partial charge in [0.25, 0.3) is 0 Å². The molecular weight excluding hydrogens is 256 g/mol. The summed E-state index contributed by atoms with van der Waals surface area (Å²) < 4.78 is 0. The zero-order chi connectivity index (χ0) is 14.2. The van der Waals surface area contributed by atoms with Crippen LogP contribution in [0.3, 0.4) is 0 Å². The molecular formula is C15H24N2O3. The third-order valence-corrected chi connectivity index (χ3v) is 5.15. The van der Waals surface area contributed by atoms with Gasteiger partial charge in [-0.1, -0.05) is 12.8 Å². The summed E-state index contributed by atoms with van der Waals surface area (Å²) in [5.74, 6) is -0.0770. The number of carbonyl (C=O) groups excluding carboxylic acids is 2. The molecule has 0 radical (unpaired) electrons. The van der Waals surface area contributed by atoms with Crippen molar-refractivity contribution in [1.29, 1.82) is 0 Å². The molecule has 5 nitrogen and oxygen atoms in total. The van der Waals surface area contributed by atoms with E-state index in [0.29, 0.717) is 25.6 Å². The van der Waals surface area contributed by atoms with Crippen LogP contribution in [0.25, 0.3) is 0 Å². The van der Waals surface area contributed by atoms with Crippen molar-refractivity contribution in [2.45, 2.75) is 51.0 Å². The van der Waals surface area contributed by atoms with Gasteiger partial charge in [-0.2, -0.15) is 0 Å². The Kier molecular flexibility index (Phi) is 3.71. The first-order valence-electron chi connectivity index (χ1n) is 7.82. The quantitative estimate of drug-likeness (QED) is 0.777. The van der Waals surface area contributed by atoms with Gasteiger partial charge in [0.1, 0.15) is 0 Å². The van der Waals surface area contributed by atoms with Crippen molar-refractivity contribution in [1.82, 2.24) is 10.2 Å². The molecule has 1 aliphatic heterocycles. The molecule has 3 aliphatic rings. The largest absolute Gasteiger partial charge is 0.396 e. The summed E-state index contributed by atoms with van der Waals surface area (Å²) in [5, 5.41) is 12.5. The molecule has 1 saturated heterocycles. The van der Waals surface area contributed by atoms with Crippen LogP contribution in [0.5, 0.6) is 0 Å². The number of amides is 2. The first-order chi connectivity index (χ1) is 9.63. The minimum atomic E-state index is -0.194. The normalized spacial score (nSPS) is 28.9. The molecule has 2 amide bonds. The van der Waals surface area contributed by atoms with E-state index in [1.807, 2.05) is 4.90 Å². The highest BCUT2D eigenvalue weighted by molar-refractivity contribution is 5.89. The lowest BCUT2D eigenvalue weighted by Crippen LogP contribution is -2.41. The van der Waals surface area contributed by atoms with Gasteiger partial charge in [0.15, 0.2) is 0 Å². The van der Waals surface area contributed by atoms with Gasteiger partial charge in [-0.15, -0.1) is 0 Å². The fourth-order valence-electron chi connectivity index (χ4n) is 3.58. The average molecular weight is 280 g/mol. The average Bonchev–Trinajstić information content (AvgIpc) is 3.05. The zero-order valence-electron chi connectivity index (χ0n) is 11.9. The standard InChI is InChI=1S/C15H24N2O3/c18-10-15(5-1-2-6-15)9-16-14(20)11-7-13(19)17(8-11)12-3-4-12/h11-12,18H,1-10H2,(H,16,20). The molecule has 0 spiro atoms. The molecule has 1 heterocycles. The maximum atomic E-state index is 12.2. The van der Waals surface area contributed by atoms with Crippen LogP contribution in [0.2, 0.25) is 0 Å². The monoisotopic (exact) mass is 280 g/mol. The van der Waals surface area contributed by atoms with Crippen LogP contribution in [0.15, 0.2) is 0 Å². The lowest BCUT2D eigenvalue weighted by molar-refractivity contribution is -0.129. The molecule has 3 fully saturated rings. The lowest BCUT2D eigenvalue weighted by Gasteiger charge is -2.27. The van der Waals surface area contributed by atoms with Crippen LogP contribution in [0.4, 0.5) is 0 Å². The van der Waals surface area contributed by atoms with Crippen molar-refractivity contribution in [3.8, 4) is 0 Å². The molecule has 0 aromatic heterocycles. The molecule has 0 aromatic carbocycles. The van der Waals surface area contributed by atoms with Crippen LogP contribution in [0.1, 0.15) is 44.9 Å². The number of rotatable bonds is 5. The van der Waals surface area contributed by atoms with Crippen molar-refractivity contribution in [3.05, 3.63) is 0 Å². The van der Waals surface area contributed by atoms with Gasteiger partial charge in [0.2, 0.25) is 11.8 Å². The summed E-state index contributed by atoms with van der Waals surface area (Å²) in [6, 6.07) is 0.402. The Bertz CT molecular complexity index is 400. The summed E-state index contributed by atoms with van der Waals surface area (Å²) in [7, 11) is 0. The summed E-state index contributed by atoms with van der Waals surface area (Å²) in [6.07, 6.45) is 6.78. The number of carbonyl (C=O) groups is 2. The van der Waals surface area contributed by atoms with E-state index < -0.39 is 0 Å². The Labute approximate surface area is 119 Å². The fraction of sp³-hybridized carbons (Fsp3) is 0.867. The minimum absolute atomic E-state index is 0.0128. The Morgan fingerprint density at radius 2 is 2.05 bits per heavy atom. The minimum Gasteiger partial charge on any atom is -0.396 e. The van der Waals surface area contributed by atoms with Crippen molar-refractivity contribution < 1.29 is 14.7 Å². The first kappa shape index (κ1) is 13.9. The van der Waals surface area contributed by atoms with E-state index >= 15 is 0 Å². The predicted molar refractivity (Wildman–Crippen MR) is 73.8 cm³/mol. The van der Waals surface area contributed by atoms with Gasteiger partial charge in [0, 0.05) is 31.0 Å². The summed E-state index contributed by atoms with van der Waals surface area (Å²) in [4.78, 5) is 26.0. The summed E-state index contributed by atoms with van der Waals surface area (Å²) in [6.45, 7) is 1.28. The van der Waals surface area contributed by atoms with Gasteiger partial charge >= 0.3 is 0 Å². The van der Waals surface area contributed by atoms with E-state index in [1.54, 1.807) is 0 Å². The Morgan fingerprint density at radius 3 is 2.65 bits per heavy atom. The fourth-order valence-corrected chi connectivity index (χ4v) is 3.58. The molecule has 2 saturated carbocycles. The van der Waals surface area contributed by atoms with Crippen LogP contribution < -0.4 is 5.32 Å². The van der Waals surface area contributed by atoms with Crippen LogP contribution in [-0.2, 0) is 9.59 Å². The second-order valence-corrected chi connectivity index (χ2v) is 6.76. The van der Waals surface area contributed by atoms with Gasteiger partial charge in [-0.25, -0.2) is 0 Å². The number of likely N-dealkylation sites (tertiary alicyclic amines) is 1. The number of nitrogens with one attached hydrogen (secondary N) is 1. The summed E-state index contributed by atoms with van der Waals surface area (Å²) in [5.41, 5.74) is -0.117. The maximum absolute atomic E-state index is 12.2. The smallest absolute Gasteiger partial charge is 0.225 e. The molecule has 20 heavy (non-hydrogen) atoms. The SMILES string of the molecule is O=C(NCC1(CO)CCCC1)C1CC(=O)N(C2CC2)C1. The number of aliphatic hydroxyl groups excluding tert-OH is 1. The molecule has 1 unspecified atom stereocenters. The highest BCUT2D eigenvalue weighted by atomic mass is 16.3. The molecule has 1 atom stereocenters. The number of hydrogen-bond acceptors (Lipinski definition) is 3. The number of hydrogen-bond donors (Lipinski definition) is 2. The van der Waals surface area contributed by atoms with Gasteiger partial charge in [-0.3, -0.25) is 9.59 Å². The number of aliphatic hydroxyl groups is 1. The Hall–Kier alpha value is -1.10. The van der Waals surface area contributed by atoms with Crippen molar-refractivity contribution >= 4 is 11.8 Å². The Balaban J connectivity index is 1.51. The van der Waals surface area contributed by atoms with E-state index in [1.165, 1.54) is 0 Å². The molecule has 0 aromatic rings. The molecule has 0 bridgehead atoms. The van der Waals surface area contributed by atoms with Crippen molar-refractivity contribution in [2.24, 2.45) is 11.3 Å². The van der Waals surface area contributed by atoms with E-state index in [-0.39, 0.29) is 29.8 Å². The third kappa shape index (κ3) is 2.68. The van der Waals surface area contributed by atoms with E-state index in [0.717, 1.165) is 38.5 Å². The Morgan fingerprint density at radius 1 is 1.35 bits per heavy atom. The molecule has 5 heteroatoms. The summed E-state index contributed by atoms with van der Waals surface area (Å²) >= 11 is 0. The lowest BCUT2D eigenvalue weighted by atomic mass is 9.87. The predicted octanol–water partition coefficient (Wildman–Crippen LogP) is 0.666. The second-order valence-electron chi connectivity index (χ2n) is 6.76. The topological polar surface area (TPSA) is 69.6 Å². The van der Waals surface area contributed by atoms with Gasteiger partial charge < -0.3 is 15.3 Å².